The number of carbonyl (C=O) groups excluding carboxylic acids is 1. The van der Waals surface area contributed by atoms with Gasteiger partial charge in [-0.2, -0.15) is 0 Å². The Kier molecular flexibility index (Phi) is 4.59. The standard InChI is InChI=1S/C15H15N3OS/c1-4-9-16-14(19)10(2)20-15-12-7-5-6-8-13(12)17-11(3)18-15/h1,5-8,10H,9H2,2-3H3,(H,16,19). The van der Waals surface area contributed by atoms with Crippen LogP contribution in [0.15, 0.2) is 29.3 Å². The van der Waals surface area contributed by atoms with E-state index in [1.807, 2.05) is 38.1 Å². The van der Waals surface area contributed by atoms with E-state index in [1.54, 1.807) is 0 Å². The number of rotatable bonds is 4. The lowest BCUT2D eigenvalue weighted by molar-refractivity contribution is -0.120. The topological polar surface area (TPSA) is 54.9 Å². The number of fused-ring (bicyclic) bond motifs is 1. The summed E-state index contributed by atoms with van der Waals surface area (Å²) >= 11 is 1.41. The summed E-state index contributed by atoms with van der Waals surface area (Å²) in [6.07, 6.45) is 5.13. The van der Waals surface area contributed by atoms with Crippen molar-refractivity contribution >= 4 is 28.6 Å². The number of aryl methyl sites for hydroxylation is 1. The maximum atomic E-state index is 11.9. The number of para-hydroxylation sites is 1. The maximum Gasteiger partial charge on any atom is 0.234 e. The Morgan fingerprint density at radius 3 is 2.95 bits per heavy atom. The molecular formula is C15H15N3OS. The molecule has 4 nitrogen and oxygen atoms in total. The molecule has 0 saturated heterocycles. The highest BCUT2D eigenvalue weighted by atomic mass is 32.2. The number of nitrogens with zero attached hydrogens (tertiary/aromatic N) is 2. The van der Waals surface area contributed by atoms with Gasteiger partial charge >= 0.3 is 0 Å². The molecule has 0 radical (unpaired) electrons. The van der Waals surface area contributed by atoms with Gasteiger partial charge in [0.05, 0.1) is 17.3 Å². The van der Waals surface area contributed by atoms with Crippen LogP contribution in [0.3, 0.4) is 0 Å². The number of hydrogen-bond donors (Lipinski definition) is 1. The molecule has 0 aliphatic heterocycles. The Balaban J connectivity index is 2.25. The van der Waals surface area contributed by atoms with Crippen molar-refractivity contribution in [2.24, 2.45) is 0 Å². The normalized spacial score (nSPS) is 11.8. The van der Waals surface area contributed by atoms with Gasteiger partial charge in [-0.3, -0.25) is 4.79 Å². The van der Waals surface area contributed by atoms with Crippen molar-refractivity contribution in [2.45, 2.75) is 24.1 Å². The molecular weight excluding hydrogens is 270 g/mol. The van der Waals surface area contributed by atoms with Crippen LogP contribution in [0, 0.1) is 19.3 Å². The minimum atomic E-state index is -0.263. The van der Waals surface area contributed by atoms with Crippen LogP contribution in [-0.2, 0) is 4.79 Å². The lowest BCUT2D eigenvalue weighted by Gasteiger charge is -2.12. The first-order chi connectivity index (χ1) is 9.61. The van der Waals surface area contributed by atoms with E-state index in [-0.39, 0.29) is 17.7 Å². The number of hydrogen-bond acceptors (Lipinski definition) is 4. The fourth-order valence-electron chi connectivity index (χ4n) is 1.75. The van der Waals surface area contributed by atoms with Crippen LogP contribution < -0.4 is 5.32 Å². The Morgan fingerprint density at radius 1 is 1.45 bits per heavy atom. The predicted octanol–water partition coefficient (Wildman–Crippen LogP) is 2.17. The summed E-state index contributed by atoms with van der Waals surface area (Å²) in [5.74, 6) is 3.00. The van der Waals surface area contributed by atoms with Crippen LogP contribution in [0.5, 0.6) is 0 Å². The van der Waals surface area contributed by atoms with Crippen molar-refractivity contribution in [3.8, 4) is 12.3 Å². The van der Waals surface area contributed by atoms with Gasteiger partial charge in [-0.25, -0.2) is 9.97 Å². The molecule has 2 rings (SSSR count). The second-order valence-electron chi connectivity index (χ2n) is 4.28. The molecule has 1 unspecified atom stereocenters. The van der Waals surface area contributed by atoms with Crippen LogP contribution in [0.25, 0.3) is 10.9 Å². The molecule has 1 N–H and O–H groups in total. The van der Waals surface area contributed by atoms with Gasteiger partial charge in [-0.15, -0.1) is 6.42 Å². The summed E-state index contributed by atoms with van der Waals surface area (Å²) in [7, 11) is 0. The molecule has 2 aromatic rings. The van der Waals surface area contributed by atoms with Gasteiger partial charge in [0.1, 0.15) is 10.9 Å². The van der Waals surface area contributed by atoms with Gasteiger partial charge in [0.25, 0.3) is 0 Å². The first kappa shape index (κ1) is 14.4. The van der Waals surface area contributed by atoms with Crippen LogP contribution >= 0.6 is 11.8 Å². The molecule has 1 aromatic carbocycles. The third kappa shape index (κ3) is 3.28. The molecule has 102 valence electrons. The number of nitrogens with one attached hydrogen (secondary N) is 1. The average Bonchev–Trinajstić information content (AvgIpc) is 2.44. The number of carbonyl (C=O) groups is 1. The minimum absolute atomic E-state index is 0.0895. The van der Waals surface area contributed by atoms with Crippen LogP contribution in [0.1, 0.15) is 12.7 Å². The maximum absolute atomic E-state index is 11.9. The molecule has 1 heterocycles. The molecule has 0 aliphatic rings. The monoisotopic (exact) mass is 285 g/mol. The third-order valence-electron chi connectivity index (χ3n) is 2.70. The highest BCUT2D eigenvalue weighted by Crippen LogP contribution is 2.28. The van der Waals surface area contributed by atoms with Crippen molar-refractivity contribution in [2.75, 3.05) is 6.54 Å². The lowest BCUT2D eigenvalue weighted by Crippen LogP contribution is -2.31. The number of aromatic nitrogens is 2. The van der Waals surface area contributed by atoms with Crippen molar-refractivity contribution in [1.82, 2.24) is 15.3 Å². The summed E-state index contributed by atoms with van der Waals surface area (Å²) in [5.41, 5.74) is 0.888. The van der Waals surface area contributed by atoms with Gasteiger partial charge in [-0.05, 0) is 19.9 Å². The van der Waals surface area contributed by atoms with Crippen molar-refractivity contribution in [1.29, 1.82) is 0 Å². The zero-order chi connectivity index (χ0) is 14.5. The Hall–Kier alpha value is -2.06. The first-order valence-corrected chi connectivity index (χ1v) is 7.11. The molecule has 0 aliphatic carbocycles. The molecule has 1 aromatic heterocycles. The van der Waals surface area contributed by atoms with E-state index in [1.165, 1.54) is 11.8 Å². The van der Waals surface area contributed by atoms with Crippen molar-refractivity contribution < 1.29 is 4.79 Å². The summed E-state index contributed by atoms with van der Waals surface area (Å²) in [6.45, 7) is 3.93. The van der Waals surface area contributed by atoms with E-state index in [2.05, 4.69) is 21.2 Å². The largest absolute Gasteiger partial charge is 0.344 e. The van der Waals surface area contributed by atoms with E-state index in [0.29, 0.717) is 5.82 Å². The third-order valence-corrected chi connectivity index (χ3v) is 3.80. The molecule has 20 heavy (non-hydrogen) atoms. The van der Waals surface area contributed by atoms with Crippen LogP contribution in [0.4, 0.5) is 0 Å². The van der Waals surface area contributed by atoms with Crippen LogP contribution in [-0.4, -0.2) is 27.7 Å². The van der Waals surface area contributed by atoms with Gasteiger partial charge < -0.3 is 5.32 Å². The van der Waals surface area contributed by atoms with E-state index in [4.69, 9.17) is 6.42 Å². The molecule has 0 saturated carbocycles. The lowest BCUT2D eigenvalue weighted by atomic mass is 10.2. The highest BCUT2D eigenvalue weighted by molar-refractivity contribution is 8.00. The van der Waals surface area contributed by atoms with Gasteiger partial charge in [0.15, 0.2) is 0 Å². The predicted molar refractivity (Wildman–Crippen MR) is 81.4 cm³/mol. The van der Waals surface area contributed by atoms with Crippen LogP contribution in [0.2, 0.25) is 0 Å². The Bertz CT molecular complexity index is 678. The zero-order valence-electron chi connectivity index (χ0n) is 11.4. The number of benzene rings is 1. The number of amides is 1. The zero-order valence-corrected chi connectivity index (χ0v) is 12.2. The first-order valence-electron chi connectivity index (χ1n) is 6.23. The van der Waals surface area contributed by atoms with Gasteiger partial charge in [0.2, 0.25) is 5.91 Å². The van der Waals surface area contributed by atoms with E-state index in [0.717, 1.165) is 15.9 Å². The molecule has 0 spiro atoms. The smallest absolute Gasteiger partial charge is 0.234 e. The van der Waals surface area contributed by atoms with Crippen molar-refractivity contribution in [3.63, 3.8) is 0 Å². The van der Waals surface area contributed by atoms with Gasteiger partial charge in [0, 0.05) is 5.39 Å². The van der Waals surface area contributed by atoms with E-state index in [9.17, 15) is 4.79 Å². The van der Waals surface area contributed by atoms with E-state index < -0.39 is 0 Å². The van der Waals surface area contributed by atoms with Crippen molar-refractivity contribution in [3.05, 3.63) is 30.1 Å². The molecule has 0 fully saturated rings. The average molecular weight is 285 g/mol. The summed E-state index contributed by atoms with van der Waals surface area (Å²) in [6, 6.07) is 7.78. The quantitative estimate of drug-likeness (QED) is 0.531. The second kappa shape index (κ2) is 6.40. The Morgan fingerprint density at radius 2 is 2.20 bits per heavy atom. The minimum Gasteiger partial charge on any atom is -0.344 e. The summed E-state index contributed by atoms with van der Waals surface area (Å²) in [5, 5.41) is 4.19. The number of thioether (sulfide) groups is 1. The fourth-order valence-corrected chi connectivity index (χ4v) is 2.76. The second-order valence-corrected chi connectivity index (χ2v) is 5.60. The SMILES string of the molecule is C#CCNC(=O)C(C)Sc1nc(C)nc2ccccc12. The fraction of sp³-hybridized carbons (Fsp3) is 0.267. The molecule has 1 amide bonds. The highest BCUT2D eigenvalue weighted by Gasteiger charge is 2.16. The van der Waals surface area contributed by atoms with Gasteiger partial charge in [-0.1, -0.05) is 35.9 Å². The number of terminal acetylenes is 1. The summed E-state index contributed by atoms with van der Waals surface area (Å²) < 4.78 is 0. The summed E-state index contributed by atoms with van der Waals surface area (Å²) in [4.78, 5) is 20.7. The molecule has 1 atom stereocenters. The van der Waals surface area contributed by atoms with E-state index >= 15 is 0 Å². The molecule has 5 heteroatoms. The molecule has 0 bridgehead atoms. The Labute approximate surface area is 122 Å².